The first-order chi connectivity index (χ1) is 12.5. The Morgan fingerprint density at radius 3 is 2.19 bits per heavy atom. The molecule has 1 fully saturated rings. The Labute approximate surface area is 166 Å². The SMILES string of the molecule is COc1ccc(S(=O)(=O)C2CCN(CCc3ccc(F)cc3)CC2)cc1.Cl. The minimum Gasteiger partial charge on any atom is -0.497 e. The second-order valence-electron chi connectivity index (χ2n) is 6.64. The number of piperidine rings is 1. The molecule has 1 aliphatic rings. The fourth-order valence-corrected chi connectivity index (χ4v) is 5.07. The molecule has 0 radical (unpaired) electrons. The van der Waals surface area contributed by atoms with Gasteiger partial charge in [0.25, 0.3) is 0 Å². The summed E-state index contributed by atoms with van der Waals surface area (Å²) in [6, 6.07) is 13.2. The van der Waals surface area contributed by atoms with Crippen LogP contribution < -0.4 is 4.74 Å². The van der Waals surface area contributed by atoms with Crippen molar-refractivity contribution in [1.82, 2.24) is 4.90 Å². The van der Waals surface area contributed by atoms with Gasteiger partial charge in [-0.1, -0.05) is 12.1 Å². The number of halogens is 2. The van der Waals surface area contributed by atoms with Gasteiger partial charge in [-0.15, -0.1) is 12.4 Å². The number of ether oxygens (including phenoxy) is 1. The molecule has 3 rings (SSSR count). The highest BCUT2D eigenvalue weighted by Gasteiger charge is 2.31. The van der Waals surface area contributed by atoms with E-state index in [1.807, 2.05) is 0 Å². The molecule has 0 spiro atoms. The van der Waals surface area contributed by atoms with Gasteiger partial charge in [-0.05, 0) is 74.3 Å². The van der Waals surface area contributed by atoms with E-state index in [9.17, 15) is 12.8 Å². The number of benzene rings is 2. The zero-order valence-corrected chi connectivity index (χ0v) is 16.9. The number of methoxy groups -OCH3 is 1. The molecule has 0 saturated carbocycles. The van der Waals surface area contributed by atoms with Crippen molar-refractivity contribution in [2.24, 2.45) is 0 Å². The topological polar surface area (TPSA) is 46.6 Å². The molecule has 0 amide bonds. The zero-order chi connectivity index (χ0) is 18.6. The summed E-state index contributed by atoms with van der Waals surface area (Å²) < 4.78 is 43.7. The summed E-state index contributed by atoms with van der Waals surface area (Å²) in [5.41, 5.74) is 1.10. The number of nitrogens with zero attached hydrogens (tertiary/aromatic N) is 1. The molecule has 0 aromatic heterocycles. The van der Waals surface area contributed by atoms with Crippen LogP contribution in [-0.4, -0.2) is 45.3 Å². The van der Waals surface area contributed by atoms with E-state index in [1.54, 1.807) is 43.5 Å². The molecular formula is C20H25ClFNO3S. The minimum absolute atomic E-state index is 0. The van der Waals surface area contributed by atoms with E-state index in [0.29, 0.717) is 23.5 Å². The van der Waals surface area contributed by atoms with Gasteiger partial charge in [0.2, 0.25) is 0 Å². The largest absolute Gasteiger partial charge is 0.497 e. The summed E-state index contributed by atoms with van der Waals surface area (Å²) in [4.78, 5) is 2.65. The predicted octanol–water partition coefficient (Wildman–Crippen LogP) is 3.74. The first kappa shape index (κ1) is 21.7. The smallest absolute Gasteiger partial charge is 0.181 e. The van der Waals surface area contributed by atoms with Crippen LogP contribution in [0.15, 0.2) is 53.4 Å². The van der Waals surface area contributed by atoms with Crippen LogP contribution in [0.4, 0.5) is 4.39 Å². The molecule has 2 aromatic carbocycles. The molecule has 0 atom stereocenters. The van der Waals surface area contributed by atoms with Crippen LogP contribution >= 0.6 is 12.4 Å². The average molecular weight is 414 g/mol. The van der Waals surface area contributed by atoms with Gasteiger partial charge in [-0.25, -0.2) is 12.8 Å². The van der Waals surface area contributed by atoms with Gasteiger partial charge in [0, 0.05) is 6.54 Å². The van der Waals surface area contributed by atoms with E-state index < -0.39 is 9.84 Å². The Morgan fingerprint density at radius 2 is 1.63 bits per heavy atom. The number of likely N-dealkylation sites (tertiary alicyclic amines) is 1. The van der Waals surface area contributed by atoms with Crippen molar-refractivity contribution < 1.29 is 17.5 Å². The lowest BCUT2D eigenvalue weighted by Gasteiger charge is -2.31. The number of rotatable bonds is 6. The van der Waals surface area contributed by atoms with Crippen molar-refractivity contribution in [3.05, 3.63) is 59.9 Å². The predicted molar refractivity (Wildman–Crippen MR) is 107 cm³/mol. The molecule has 0 bridgehead atoms. The molecule has 0 unspecified atom stereocenters. The number of hydrogen-bond donors (Lipinski definition) is 0. The van der Waals surface area contributed by atoms with Gasteiger partial charge in [0.1, 0.15) is 11.6 Å². The van der Waals surface area contributed by atoms with Crippen molar-refractivity contribution in [3.63, 3.8) is 0 Å². The zero-order valence-electron chi connectivity index (χ0n) is 15.3. The molecule has 2 aromatic rings. The standard InChI is InChI=1S/C20H24FNO3S.ClH/c1-25-18-6-8-19(9-7-18)26(23,24)20-11-14-22(15-12-20)13-10-16-2-4-17(21)5-3-16;/h2-9,20H,10-15H2,1H3;1H. The van der Waals surface area contributed by atoms with E-state index in [2.05, 4.69) is 4.90 Å². The van der Waals surface area contributed by atoms with Crippen LogP contribution in [0.2, 0.25) is 0 Å². The minimum atomic E-state index is -3.31. The molecule has 1 heterocycles. The summed E-state index contributed by atoms with van der Waals surface area (Å²) in [6.45, 7) is 2.39. The van der Waals surface area contributed by atoms with Crippen LogP contribution in [0.3, 0.4) is 0 Å². The highest BCUT2D eigenvalue weighted by Crippen LogP contribution is 2.26. The highest BCUT2D eigenvalue weighted by molar-refractivity contribution is 7.92. The summed E-state index contributed by atoms with van der Waals surface area (Å²) in [5.74, 6) is 0.429. The van der Waals surface area contributed by atoms with Crippen molar-refractivity contribution in [1.29, 1.82) is 0 Å². The Hall–Kier alpha value is -1.63. The van der Waals surface area contributed by atoms with E-state index >= 15 is 0 Å². The maximum absolute atomic E-state index is 12.9. The fourth-order valence-electron chi connectivity index (χ4n) is 3.34. The van der Waals surface area contributed by atoms with Crippen molar-refractivity contribution in [3.8, 4) is 5.75 Å². The Morgan fingerprint density at radius 1 is 1.04 bits per heavy atom. The molecule has 27 heavy (non-hydrogen) atoms. The van der Waals surface area contributed by atoms with Crippen molar-refractivity contribution >= 4 is 22.2 Å². The lowest BCUT2D eigenvalue weighted by molar-refractivity contribution is 0.232. The third kappa shape index (κ3) is 5.43. The van der Waals surface area contributed by atoms with E-state index in [-0.39, 0.29) is 23.5 Å². The van der Waals surface area contributed by atoms with Crippen LogP contribution in [0.5, 0.6) is 5.75 Å². The van der Waals surface area contributed by atoms with Crippen LogP contribution in [0.25, 0.3) is 0 Å². The van der Waals surface area contributed by atoms with Gasteiger partial charge in [0.15, 0.2) is 9.84 Å². The number of sulfone groups is 1. The molecule has 7 heteroatoms. The fraction of sp³-hybridized carbons (Fsp3) is 0.400. The van der Waals surface area contributed by atoms with Gasteiger partial charge < -0.3 is 9.64 Å². The van der Waals surface area contributed by atoms with Gasteiger partial charge in [-0.2, -0.15) is 0 Å². The Balaban J connectivity index is 0.00000261. The van der Waals surface area contributed by atoms with Gasteiger partial charge >= 0.3 is 0 Å². The lowest BCUT2D eigenvalue weighted by Crippen LogP contribution is -2.40. The molecule has 1 aliphatic heterocycles. The monoisotopic (exact) mass is 413 g/mol. The van der Waals surface area contributed by atoms with Crippen LogP contribution in [0.1, 0.15) is 18.4 Å². The summed E-state index contributed by atoms with van der Waals surface area (Å²) >= 11 is 0. The second-order valence-corrected chi connectivity index (χ2v) is 8.87. The Bertz CT molecular complexity index is 817. The highest BCUT2D eigenvalue weighted by atomic mass is 35.5. The molecule has 1 saturated heterocycles. The quantitative estimate of drug-likeness (QED) is 0.723. The van der Waals surface area contributed by atoms with Gasteiger partial charge in [0.05, 0.1) is 17.3 Å². The second kappa shape index (κ2) is 9.53. The third-order valence-corrected chi connectivity index (χ3v) is 7.27. The first-order valence-corrected chi connectivity index (χ1v) is 10.4. The number of hydrogen-bond acceptors (Lipinski definition) is 4. The third-order valence-electron chi connectivity index (χ3n) is 4.99. The summed E-state index contributed by atoms with van der Waals surface area (Å²) in [5, 5.41) is -0.335. The van der Waals surface area contributed by atoms with Gasteiger partial charge in [-0.3, -0.25) is 0 Å². The normalized spacial score (nSPS) is 15.9. The van der Waals surface area contributed by atoms with Crippen LogP contribution in [-0.2, 0) is 16.3 Å². The van der Waals surface area contributed by atoms with E-state index in [1.165, 1.54) is 12.1 Å². The molecule has 0 aliphatic carbocycles. The first-order valence-electron chi connectivity index (χ1n) is 8.84. The van der Waals surface area contributed by atoms with E-state index in [0.717, 1.165) is 31.6 Å². The van der Waals surface area contributed by atoms with Crippen LogP contribution in [0, 0.1) is 5.82 Å². The Kier molecular flexibility index (Phi) is 7.65. The molecule has 4 nitrogen and oxygen atoms in total. The molecular weight excluding hydrogens is 389 g/mol. The maximum Gasteiger partial charge on any atom is 0.181 e. The summed E-state index contributed by atoms with van der Waals surface area (Å²) in [7, 11) is -1.75. The molecule has 148 valence electrons. The van der Waals surface area contributed by atoms with Crippen molar-refractivity contribution in [2.75, 3.05) is 26.7 Å². The maximum atomic E-state index is 12.9. The average Bonchev–Trinajstić information content (AvgIpc) is 2.68. The lowest BCUT2D eigenvalue weighted by atomic mass is 10.1. The molecule has 0 N–H and O–H groups in total. The van der Waals surface area contributed by atoms with E-state index in [4.69, 9.17) is 4.74 Å². The van der Waals surface area contributed by atoms with Crippen molar-refractivity contribution in [2.45, 2.75) is 29.4 Å². The summed E-state index contributed by atoms with van der Waals surface area (Å²) in [6.07, 6.45) is 2.12.